The Balaban J connectivity index is 1.73. The third-order valence-electron chi connectivity index (χ3n) is 4.78. The maximum absolute atomic E-state index is 12.9. The van der Waals surface area contributed by atoms with Crippen LogP contribution in [-0.2, 0) is 9.53 Å². The lowest BCUT2D eigenvalue weighted by Crippen LogP contribution is -2.30. The minimum Gasteiger partial charge on any atom is -0.462 e. The van der Waals surface area contributed by atoms with Crippen molar-refractivity contribution in [1.29, 1.82) is 0 Å². The fraction of sp³-hybridized carbons (Fsp3) is 0.227. The average Bonchev–Trinajstić information content (AvgIpc) is 3.02. The molecule has 3 aromatic rings. The maximum Gasteiger partial charge on any atom is 0.338 e. The summed E-state index contributed by atoms with van der Waals surface area (Å²) in [7, 11) is 0. The van der Waals surface area contributed by atoms with E-state index in [1.165, 1.54) is 11.8 Å². The van der Waals surface area contributed by atoms with Gasteiger partial charge in [-0.1, -0.05) is 29.8 Å². The van der Waals surface area contributed by atoms with Gasteiger partial charge in [0.15, 0.2) is 0 Å². The first-order valence-electron chi connectivity index (χ1n) is 9.30. The van der Waals surface area contributed by atoms with Crippen LogP contribution >= 0.6 is 23.4 Å². The normalized spacial score (nSPS) is 19.0. The Hall–Kier alpha value is -2.57. The highest BCUT2D eigenvalue weighted by Crippen LogP contribution is 2.47. The number of anilines is 1. The molecule has 0 aliphatic carbocycles. The summed E-state index contributed by atoms with van der Waals surface area (Å²) >= 11 is 8.04. The van der Waals surface area contributed by atoms with Crippen molar-refractivity contribution in [3.63, 3.8) is 0 Å². The number of thioether (sulfide) groups is 1. The van der Waals surface area contributed by atoms with Gasteiger partial charge in [0.2, 0.25) is 5.91 Å². The molecule has 2 unspecified atom stereocenters. The first-order chi connectivity index (χ1) is 14.0. The molecule has 0 radical (unpaired) electrons. The Morgan fingerprint density at radius 2 is 1.93 bits per heavy atom. The molecule has 0 saturated carbocycles. The third-order valence-corrected chi connectivity index (χ3v) is 6.42. The second-order valence-electron chi connectivity index (χ2n) is 6.67. The number of esters is 1. The van der Waals surface area contributed by atoms with Crippen LogP contribution in [0.3, 0.4) is 0 Å². The Bertz CT molecular complexity index is 1090. The van der Waals surface area contributed by atoms with Gasteiger partial charge in [-0.3, -0.25) is 9.69 Å². The van der Waals surface area contributed by atoms with Crippen LogP contribution in [0.4, 0.5) is 5.69 Å². The molecule has 148 valence electrons. The van der Waals surface area contributed by atoms with E-state index in [0.29, 0.717) is 23.0 Å². The first kappa shape index (κ1) is 19.7. The molecule has 7 heteroatoms. The van der Waals surface area contributed by atoms with Crippen LogP contribution in [-0.4, -0.2) is 28.7 Å². The van der Waals surface area contributed by atoms with Crippen LogP contribution < -0.4 is 4.90 Å². The van der Waals surface area contributed by atoms with E-state index in [-0.39, 0.29) is 22.5 Å². The van der Waals surface area contributed by atoms with Gasteiger partial charge < -0.3 is 4.74 Å². The first-order valence-corrected chi connectivity index (χ1v) is 10.6. The molecule has 1 saturated heterocycles. The molecule has 29 heavy (non-hydrogen) atoms. The number of ether oxygens (including phenoxy) is 1. The van der Waals surface area contributed by atoms with Gasteiger partial charge in [0.05, 0.1) is 22.9 Å². The van der Waals surface area contributed by atoms with E-state index in [4.69, 9.17) is 16.3 Å². The van der Waals surface area contributed by atoms with E-state index in [0.717, 1.165) is 16.5 Å². The molecule has 2 atom stereocenters. The molecule has 5 nitrogen and oxygen atoms in total. The average molecular weight is 427 g/mol. The van der Waals surface area contributed by atoms with Gasteiger partial charge >= 0.3 is 5.97 Å². The molecule has 0 N–H and O–H groups in total. The largest absolute Gasteiger partial charge is 0.462 e. The van der Waals surface area contributed by atoms with Gasteiger partial charge in [-0.2, -0.15) is 0 Å². The minimum atomic E-state index is -0.382. The highest BCUT2D eigenvalue weighted by Gasteiger charge is 2.40. The quantitative estimate of drug-likeness (QED) is 0.422. The highest BCUT2D eigenvalue weighted by molar-refractivity contribution is 8.01. The molecule has 2 aromatic carbocycles. The summed E-state index contributed by atoms with van der Waals surface area (Å²) < 4.78 is 5.03. The molecule has 1 aromatic heterocycles. The van der Waals surface area contributed by atoms with Gasteiger partial charge in [-0.25, -0.2) is 9.78 Å². The van der Waals surface area contributed by atoms with Crippen molar-refractivity contribution >= 4 is 51.8 Å². The summed E-state index contributed by atoms with van der Waals surface area (Å²) in [6.07, 6.45) is 0. The molecular formula is C22H19ClN2O3S. The summed E-state index contributed by atoms with van der Waals surface area (Å²) in [4.78, 5) is 31.1. The number of halogens is 1. The lowest BCUT2D eigenvalue weighted by molar-refractivity contribution is -0.117. The fourth-order valence-corrected chi connectivity index (χ4v) is 4.96. The number of fused-ring (bicyclic) bond motifs is 1. The number of carbonyl (C=O) groups is 2. The number of para-hydroxylation sites is 1. The second kappa shape index (κ2) is 8.05. The lowest BCUT2D eigenvalue weighted by atomic mass is 10.1. The standard InChI is InChI=1S/C22H19ClN2O3S/c1-3-28-22(27)14-8-10-16(11-9-14)25-20(26)13(2)29-21(25)17-12-15-6-4-5-7-18(15)24-19(17)23/h4-13,21H,3H2,1-2H3. The Kier molecular flexibility index (Phi) is 5.48. The summed E-state index contributed by atoms with van der Waals surface area (Å²) in [6.45, 7) is 3.96. The van der Waals surface area contributed by atoms with Crippen molar-refractivity contribution in [2.75, 3.05) is 11.5 Å². The van der Waals surface area contributed by atoms with Gasteiger partial charge in [-0.15, -0.1) is 11.8 Å². The van der Waals surface area contributed by atoms with Crippen LogP contribution in [0.5, 0.6) is 0 Å². The summed E-state index contributed by atoms with van der Waals surface area (Å²) in [6, 6.07) is 16.6. The van der Waals surface area contributed by atoms with Crippen LogP contribution in [0.15, 0.2) is 54.6 Å². The van der Waals surface area contributed by atoms with Crippen LogP contribution in [0.2, 0.25) is 5.15 Å². The van der Waals surface area contributed by atoms with Gasteiger partial charge in [-0.05, 0) is 50.2 Å². The van der Waals surface area contributed by atoms with Crippen molar-refractivity contribution in [3.05, 3.63) is 70.9 Å². The Morgan fingerprint density at radius 1 is 1.21 bits per heavy atom. The molecule has 2 heterocycles. The third kappa shape index (κ3) is 3.70. The van der Waals surface area contributed by atoms with Crippen LogP contribution in [0, 0.1) is 0 Å². The monoisotopic (exact) mass is 426 g/mol. The van der Waals surface area contributed by atoms with E-state index in [1.807, 2.05) is 37.3 Å². The fourth-order valence-electron chi connectivity index (χ4n) is 3.35. The van der Waals surface area contributed by atoms with Crippen molar-refractivity contribution in [2.24, 2.45) is 0 Å². The van der Waals surface area contributed by atoms with E-state index in [9.17, 15) is 9.59 Å². The highest BCUT2D eigenvalue weighted by atomic mass is 35.5. The number of carbonyl (C=O) groups excluding carboxylic acids is 2. The lowest BCUT2D eigenvalue weighted by Gasteiger charge is -2.25. The van der Waals surface area contributed by atoms with Crippen molar-refractivity contribution < 1.29 is 14.3 Å². The number of hydrogen-bond donors (Lipinski definition) is 0. The number of pyridine rings is 1. The zero-order valence-electron chi connectivity index (χ0n) is 16.0. The number of nitrogens with zero attached hydrogens (tertiary/aromatic N) is 2. The van der Waals surface area contributed by atoms with E-state index >= 15 is 0 Å². The van der Waals surface area contributed by atoms with Gasteiger partial charge in [0, 0.05) is 16.6 Å². The zero-order chi connectivity index (χ0) is 20.5. The van der Waals surface area contributed by atoms with Crippen LogP contribution in [0.1, 0.15) is 35.1 Å². The van der Waals surface area contributed by atoms with E-state index in [1.54, 1.807) is 36.1 Å². The van der Waals surface area contributed by atoms with E-state index in [2.05, 4.69) is 4.98 Å². The van der Waals surface area contributed by atoms with Crippen molar-refractivity contribution in [3.8, 4) is 0 Å². The van der Waals surface area contributed by atoms with Crippen molar-refractivity contribution in [2.45, 2.75) is 24.5 Å². The van der Waals surface area contributed by atoms with Gasteiger partial charge in [0.25, 0.3) is 0 Å². The molecule has 1 amide bonds. The Labute approximate surface area is 178 Å². The molecule has 0 spiro atoms. The molecule has 1 aliphatic heterocycles. The van der Waals surface area contributed by atoms with E-state index < -0.39 is 0 Å². The topological polar surface area (TPSA) is 59.5 Å². The molecular weight excluding hydrogens is 408 g/mol. The summed E-state index contributed by atoms with van der Waals surface area (Å²) in [5.74, 6) is -0.388. The number of benzene rings is 2. The van der Waals surface area contributed by atoms with Crippen molar-refractivity contribution in [1.82, 2.24) is 4.98 Å². The number of amides is 1. The maximum atomic E-state index is 12.9. The number of rotatable bonds is 4. The predicted octanol–water partition coefficient (Wildman–Crippen LogP) is 5.23. The molecule has 1 aliphatic rings. The smallest absolute Gasteiger partial charge is 0.338 e. The summed E-state index contributed by atoms with van der Waals surface area (Å²) in [5.41, 5.74) is 2.76. The second-order valence-corrected chi connectivity index (χ2v) is 8.45. The minimum absolute atomic E-state index is 0.00638. The Morgan fingerprint density at radius 3 is 2.66 bits per heavy atom. The molecule has 0 bridgehead atoms. The predicted molar refractivity (Wildman–Crippen MR) is 116 cm³/mol. The zero-order valence-corrected chi connectivity index (χ0v) is 17.5. The molecule has 1 fully saturated rings. The molecule has 4 rings (SSSR count). The van der Waals surface area contributed by atoms with Gasteiger partial charge in [0.1, 0.15) is 10.5 Å². The number of aromatic nitrogens is 1. The van der Waals surface area contributed by atoms with Crippen LogP contribution in [0.25, 0.3) is 10.9 Å². The SMILES string of the molecule is CCOC(=O)c1ccc(N2C(=O)C(C)SC2c2cc3ccccc3nc2Cl)cc1. The summed E-state index contributed by atoms with van der Waals surface area (Å²) in [5, 5.41) is 0.844. The number of hydrogen-bond acceptors (Lipinski definition) is 5.